The summed E-state index contributed by atoms with van der Waals surface area (Å²) in [5, 5.41) is 19.5. The first-order valence-electron chi connectivity index (χ1n) is 9.04. The van der Waals surface area contributed by atoms with Gasteiger partial charge in [0, 0.05) is 18.3 Å². The molecule has 2 aromatic heterocycles. The summed E-state index contributed by atoms with van der Waals surface area (Å²) in [6.45, 7) is 5.55. The molecule has 0 fully saturated rings. The highest BCUT2D eigenvalue weighted by atomic mass is 32.1. The van der Waals surface area contributed by atoms with Crippen molar-refractivity contribution in [2.45, 2.75) is 33.4 Å². The highest BCUT2D eigenvalue weighted by molar-refractivity contribution is 7.13. The highest BCUT2D eigenvalue weighted by Crippen LogP contribution is 2.27. The van der Waals surface area contributed by atoms with Crippen LogP contribution in [0.25, 0.3) is 10.6 Å². The molecule has 0 aliphatic heterocycles. The van der Waals surface area contributed by atoms with Crippen molar-refractivity contribution in [3.8, 4) is 10.6 Å². The number of nitrogens with one attached hydrogen (secondary N) is 1. The molecule has 0 aliphatic carbocycles. The largest absolute Gasteiger partial charge is 0.481 e. The molecular formula is C21H25N3O2S. The van der Waals surface area contributed by atoms with Crippen molar-refractivity contribution in [1.82, 2.24) is 15.1 Å². The van der Waals surface area contributed by atoms with Crippen LogP contribution in [0, 0.1) is 5.41 Å². The first-order chi connectivity index (χ1) is 13.0. The lowest BCUT2D eigenvalue weighted by Crippen LogP contribution is -2.28. The lowest BCUT2D eigenvalue weighted by molar-refractivity contribution is -0.147. The Hall–Kier alpha value is -2.44. The lowest BCUT2D eigenvalue weighted by atomic mass is 9.90. The summed E-state index contributed by atoms with van der Waals surface area (Å²) in [7, 11) is 0. The fourth-order valence-corrected chi connectivity index (χ4v) is 3.54. The van der Waals surface area contributed by atoms with E-state index in [0.717, 1.165) is 22.7 Å². The Kier molecular flexibility index (Phi) is 6.08. The van der Waals surface area contributed by atoms with E-state index in [4.69, 9.17) is 5.10 Å². The van der Waals surface area contributed by atoms with E-state index in [2.05, 4.69) is 35.1 Å². The molecule has 0 bridgehead atoms. The second-order valence-electron chi connectivity index (χ2n) is 7.28. The highest BCUT2D eigenvalue weighted by Gasteiger charge is 2.26. The van der Waals surface area contributed by atoms with Crippen molar-refractivity contribution < 1.29 is 9.90 Å². The number of carboxylic acids is 1. The minimum Gasteiger partial charge on any atom is -0.481 e. The second kappa shape index (κ2) is 8.50. The molecule has 0 radical (unpaired) electrons. The summed E-state index contributed by atoms with van der Waals surface area (Å²) < 4.78 is 1.97. The van der Waals surface area contributed by atoms with Crippen LogP contribution in [0.2, 0.25) is 0 Å². The smallest absolute Gasteiger partial charge is 0.309 e. The van der Waals surface area contributed by atoms with Gasteiger partial charge in [-0.25, -0.2) is 0 Å². The van der Waals surface area contributed by atoms with Gasteiger partial charge in [-0.05, 0) is 43.8 Å². The molecule has 27 heavy (non-hydrogen) atoms. The third-order valence-electron chi connectivity index (χ3n) is 4.60. The maximum atomic E-state index is 11.2. The van der Waals surface area contributed by atoms with Crippen molar-refractivity contribution in [1.29, 1.82) is 0 Å². The molecule has 2 heterocycles. The average molecular weight is 384 g/mol. The second-order valence-corrected chi connectivity index (χ2v) is 8.23. The molecule has 0 saturated carbocycles. The van der Waals surface area contributed by atoms with E-state index in [-0.39, 0.29) is 0 Å². The number of aliphatic carboxylic acids is 1. The molecule has 0 unspecified atom stereocenters. The van der Waals surface area contributed by atoms with Gasteiger partial charge in [-0.3, -0.25) is 9.48 Å². The molecule has 0 spiro atoms. The van der Waals surface area contributed by atoms with Crippen molar-refractivity contribution >= 4 is 17.3 Å². The van der Waals surface area contributed by atoms with E-state index >= 15 is 0 Å². The lowest BCUT2D eigenvalue weighted by Gasteiger charge is -2.18. The average Bonchev–Trinajstić information content (AvgIpc) is 3.29. The van der Waals surface area contributed by atoms with Crippen LogP contribution in [-0.2, 0) is 17.9 Å². The Morgan fingerprint density at radius 1 is 1.22 bits per heavy atom. The van der Waals surface area contributed by atoms with E-state index in [1.165, 1.54) is 5.56 Å². The number of thiophene rings is 1. The number of hydrogen-bond acceptors (Lipinski definition) is 4. The number of carboxylic acid groups (broad SMARTS) is 1. The topological polar surface area (TPSA) is 67.2 Å². The molecule has 0 saturated heterocycles. The number of carbonyl (C=O) groups is 1. The SMILES string of the molecule is CC(C)(CCNCc1cn(Cc2ccccc2)nc1-c1cccs1)C(=O)O. The van der Waals surface area contributed by atoms with Crippen LogP contribution in [0.3, 0.4) is 0 Å². The quantitative estimate of drug-likeness (QED) is 0.542. The number of benzene rings is 1. The van der Waals surface area contributed by atoms with Gasteiger partial charge in [0.15, 0.2) is 0 Å². The Morgan fingerprint density at radius 2 is 2.00 bits per heavy atom. The Bertz CT molecular complexity index is 870. The summed E-state index contributed by atoms with van der Waals surface area (Å²) in [4.78, 5) is 12.4. The summed E-state index contributed by atoms with van der Waals surface area (Å²) in [5.41, 5.74) is 2.61. The maximum Gasteiger partial charge on any atom is 0.309 e. The first kappa shape index (κ1) is 19.3. The molecule has 2 N–H and O–H groups in total. The normalized spacial score (nSPS) is 11.6. The molecule has 3 aromatic rings. The molecule has 0 amide bonds. The van der Waals surface area contributed by atoms with E-state index < -0.39 is 11.4 Å². The molecule has 5 nitrogen and oxygen atoms in total. The number of nitrogens with zero attached hydrogens (tertiary/aromatic N) is 2. The number of rotatable bonds is 9. The zero-order valence-electron chi connectivity index (χ0n) is 15.7. The van der Waals surface area contributed by atoms with E-state index in [0.29, 0.717) is 19.5 Å². The van der Waals surface area contributed by atoms with Crippen LogP contribution in [0.15, 0.2) is 54.0 Å². The Morgan fingerprint density at radius 3 is 2.67 bits per heavy atom. The van der Waals surface area contributed by atoms with E-state index in [1.807, 2.05) is 28.9 Å². The zero-order chi connectivity index (χ0) is 19.3. The molecular weight excluding hydrogens is 358 g/mol. The van der Waals surface area contributed by atoms with Crippen LogP contribution in [0.1, 0.15) is 31.4 Å². The van der Waals surface area contributed by atoms with Crippen LogP contribution in [-0.4, -0.2) is 27.4 Å². The van der Waals surface area contributed by atoms with Crippen molar-refractivity contribution in [2.24, 2.45) is 5.41 Å². The van der Waals surface area contributed by atoms with Gasteiger partial charge < -0.3 is 10.4 Å². The van der Waals surface area contributed by atoms with Gasteiger partial charge in [-0.15, -0.1) is 11.3 Å². The molecule has 0 atom stereocenters. The van der Waals surface area contributed by atoms with Gasteiger partial charge in [0.1, 0.15) is 5.69 Å². The van der Waals surface area contributed by atoms with Gasteiger partial charge in [0.25, 0.3) is 0 Å². The first-order valence-corrected chi connectivity index (χ1v) is 9.92. The third-order valence-corrected chi connectivity index (χ3v) is 5.48. The van der Waals surface area contributed by atoms with Crippen molar-refractivity contribution in [2.75, 3.05) is 6.54 Å². The summed E-state index contributed by atoms with van der Waals surface area (Å²) in [6, 6.07) is 14.4. The van der Waals surface area contributed by atoms with Crippen molar-refractivity contribution in [3.05, 3.63) is 65.2 Å². The third kappa shape index (κ3) is 5.05. The molecule has 3 rings (SSSR count). The predicted octanol–water partition coefficient (Wildman–Crippen LogP) is 4.25. The molecule has 0 aliphatic rings. The fraction of sp³-hybridized carbons (Fsp3) is 0.333. The predicted molar refractivity (Wildman–Crippen MR) is 109 cm³/mol. The Balaban J connectivity index is 1.70. The van der Waals surface area contributed by atoms with Crippen molar-refractivity contribution in [3.63, 3.8) is 0 Å². The molecule has 6 heteroatoms. The zero-order valence-corrected chi connectivity index (χ0v) is 16.5. The van der Waals surface area contributed by atoms with Gasteiger partial charge in [-0.1, -0.05) is 36.4 Å². The summed E-state index contributed by atoms with van der Waals surface area (Å²) in [5.74, 6) is -0.765. The fourth-order valence-electron chi connectivity index (χ4n) is 2.80. The maximum absolute atomic E-state index is 11.2. The molecule has 142 valence electrons. The standard InChI is InChI=1S/C21H25N3O2S/c1-21(2,20(25)26)10-11-22-13-17-15-24(14-16-7-4-3-5-8-16)23-19(17)18-9-6-12-27-18/h3-9,12,15,22H,10-11,13-14H2,1-2H3,(H,25,26). The van der Waals surface area contributed by atoms with Gasteiger partial charge in [-0.2, -0.15) is 5.10 Å². The molecule has 1 aromatic carbocycles. The van der Waals surface area contributed by atoms with Gasteiger partial charge in [0.2, 0.25) is 0 Å². The van der Waals surface area contributed by atoms with Gasteiger partial charge >= 0.3 is 5.97 Å². The van der Waals surface area contributed by atoms with Crippen LogP contribution >= 0.6 is 11.3 Å². The Labute approximate surface area is 163 Å². The number of aromatic nitrogens is 2. The monoisotopic (exact) mass is 383 g/mol. The van der Waals surface area contributed by atoms with Crippen LogP contribution < -0.4 is 5.32 Å². The van der Waals surface area contributed by atoms with E-state index in [9.17, 15) is 9.90 Å². The number of hydrogen-bond donors (Lipinski definition) is 2. The van der Waals surface area contributed by atoms with Crippen LogP contribution in [0.4, 0.5) is 0 Å². The van der Waals surface area contributed by atoms with Crippen LogP contribution in [0.5, 0.6) is 0 Å². The minimum absolute atomic E-state index is 0.578. The van der Waals surface area contributed by atoms with Gasteiger partial charge in [0.05, 0.1) is 16.8 Å². The van der Waals surface area contributed by atoms with E-state index in [1.54, 1.807) is 25.2 Å². The summed E-state index contributed by atoms with van der Waals surface area (Å²) >= 11 is 1.68. The summed E-state index contributed by atoms with van der Waals surface area (Å²) in [6.07, 6.45) is 2.66. The minimum atomic E-state index is -0.765.